The molecule has 0 atom stereocenters. The second kappa shape index (κ2) is 6.78. The molecule has 0 heterocycles. The van der Waals surface area contributed by atoms with E-state index >= 15 is 0 Å². The van der Waals surface area contributed by atoms with Crippen LogP contribution in [-0.4, -0.2) is 40.0 Å². The van der Waals surface area contributed by atoms with Gasteiger partial charge in [0.2, 0.25) is 0 Å². The molecule has 11 nitrogen and oxygen atoms in total. The molecule has 0 aliphatic heterocycles. The number of aromatic carboxylic acids is 2. The maximum absolute atomic E-state index is 11.5. The topological polar surface area (TPSA) is 184 Å². The predicted molar refractivity (Wildman–Crippen MR) is 86.6 cm³/mol. The van der Waals surface area contributed by atoms with E-state index in [9.17, 15) is 32.7 Å². The van der Waals surface area contributed by atoms with Gasteiger partial charge in [0.15, 0.2) is 0 Å². The van der Waals surface area contributed by atoms with E-state index in [0.29, 0.717) is 6.07 Å². The standard InChI is InChI=1S/C14H10N2O9S/c17-13(18)7-3-8(14(19)20)5-9(4-7)15-11-2-1-10(16(21)22)6-12(11)26(23,24)25/h1-6,15H,(H,17,18)(H,19,20)(H,23,24,25). The first-order valence-electron chi connectivity index (χ1n) is 6.63. The van der Waals surface area contributed by atoms with Crippen molar-refractivity contribution in [3.8, 4) is 0 Å². The number of carboxylic acid groups (broad SMARTS) is 2. The van der Waals surface area contributed by atoms with Crippen LogP contribution in [0.4, 0.5) is 17.1 Å². The zero-order valence-corrected chi connectivity index (χ0v) is 13.4. The maximum atomic E-state index is 11.5. The van der Waals surface area contributed by atoms with Crippen LogP contribution in [0.15, 0.2) is 41.3 Å². The molecule has 0 aliphatic carbocycles. The fraction of sp³-hybridized carbons (Fsp3) is 0. The number of hydrogen-bond donors (Lipinski definition) is 4. The fourth-order valence-corrected chi connectivity index (χ4v) is 2.71. The lowest BCUT2D eigenvalue weighted by Gasteiger charge is -2.12. The van der Waals surface area contributed by atoms with E-state index in [1.807, 2.05) is 0 Å². The molecule has 0 bridgehead atoms. The number of nitro benzene ring substituents is 1. The van der Waals surface area contributed by atoms with Crippen LogP contribution in [0.25, 0.3) is 0 Å². The highest BCUT2D eigenvalue weighted by molar-refractivity contribution is 7.86. The molecule has 0 fully saturated rings. The smallest absolute Gasteiger partial charge is 0.335 e. The Morgan fingerprint density at radius 2 is 1.54 bits per heavy atom. The van der Waals surface area contributed by atoms with Gasteiger partial charge in [0.05, 0.1) is 21.7 Å². The van der Waals surface area contributed by atoms with Crippen molar-refractivity contribution >= 4 is 39.1 Å². The number of hydrogen-bond acceptors (Lipinski definition) is 7. The van der Waals surface area contributed by atoms with Crippen LogP contribution in [0, 0.1) is 10.1 Å². The number of carbonyl (C=O) groups is 2. The molecule has 0 aromatic heterocycles. The van der Waals surface area contributed by atoms with Gasteiger partial charge >= 0.3 is 11.9 Å². The summed E-state index contributed by atoms with van der Waals surface area (Å²) in [6.07, 6.45) is 0. The summed E-state index contributed by atoms with van der Waals surface area (Å²) >= 11 is 0. The van der Waals surface area contributed by atoms with Crippen LogP contribution in [0.5, 0.6) is 0 Å². The van der Waals surface area contributed by atoms with Crippen LogP contribution in [0.2, 0.25) is 0 Å². The number of nitrogens with zero attached hydrogens (tertiary/aromatic N) is 1. The normalized spacial score (nSPS) is 11.0. The van der Waals surface area contributed by atoms with Crippen molar-refractivity contribution in [2.24, 2.45) is 0 Å². The molecule has 4 N–H and O–H groups in total. The number of anilines is 2. The number of benzene rings is 2. The second-order valence-corrected chi connectivity index (χ2v) is 6.34. The lowest BCUT2D eigenvalue weighted by molar-refractivity contribution is -0.385. The molecule has 26 heavy (non-hydrogen) atoms. The number of carboxylic acids is 2. The minimum Gasteiger partial charge on any atom is -0.478 e. The summed E-state index contributed by atoms with van der Waals surface area (Å²) in [7, 11) is -4.86. The van der Waals surface area contributed by atoms with Gasteiger partial charge < -0.3 is 15.5 Å². The van der Waals surface area contributed by atoms with E-state index in [2.05, 4.69) is 5.32 Å². The van der Waals surface area contributed by atoms with Crippen LogP contribution >= 0.6 is 0 Å². The van der Waals surface area contributed by atoms with E-state index in [0.717, 1.165) is 30.3 Å². The van der Waals surface area contributed by atoms with E-state index in [-0.39, 0.29) is 22.5 Å². The summed E-state index contributed by atoms with van der Waals surface area (Å²) < 4.78 is 32.2. The Bertz CT molecular complexity index is 998. The average molecular weight is 382 g/mol. The fourth-order valence-electron chi connectivity index (χ4n) is 2.04. The minimum absolute atomic E-state index is 0.110. The Kier molecular flexibility index (Phi) is 4.91. The highest BCUT2D eigenvalue weighted by atomic mass is 32.2. The molecule has 0 amide bonds. The Morgan fingerprint density at radius 3 is 1.96 bits per heavy atom. The van der Waals surface area contributed by atoms with Crippen molar-refractivity contribution < 1.29 is 37.7 Å². The third kappa shape index (κ3) is 4.12. The Hall–Kier alpha value is -3.51. The lowest BCUT2D eigenvalue weighted by atomic mass is 10.1. The molecule has 2 aromatic carbocycles. The largest absolute Gasteiger partial charge is 0.478 e. The van der Waals surface area contributed by atoms with E-state index in [1.54, 1.807) is 0 Å². The van der Waals surface area contributed by atoms with Crippen molar-refractivity contribution in [2.45, 2.75) is 4.90 Å². The summed E-state index contributed by atoms with van der Waals surface area (Å²) in [5.41, 5.74) is -1.79. The monoisotopic (exact) mass is 382 g/mol. The van der Waals surface area contributed by atoms with Gasteiger partial charge in [0.25, 0.3) is 15.8 Å². The number of rotatable bonds is 6. The molecule has 0 unspecified atom stereocenters. The van der Waals surface area contributed by atoms with Gasteiger partial charge in [-0.15, -0.1) is 0 Å². The summed E-state index contributed by atoms with van der Waals surface area (Å²) in [6, 6.07) is 5.51. The minimum atomic E-state index is -4.86. The van der Waals surface area contributed by atoms with Gasteiger partial charge in [-0.1, -0.05) is 0 Å². The van der Waals surface area contributed by atoms with Crippen LogP contribution in [0.3, 0.4) is 0 Å². The summed E-state index contributed by atoms with van der Waals surface area (Å²) in [6.45, 7) is 0. The zero-order chi connectivity index (χ0) is 19.6. The summed E-state index contributed by atoms with van der Waals surface area (Å²) in [5.74, 6) is -2.84. The highest BCUT2D eigenvalue weighted by Crippen LogP contribution is 2.29. The van der Waals surface area contributed by atoms with Gasteiger partial charge in [-0.05, 0) is 24.3 Å². The van der Waals surface area contributed by atoms with Crippen molar-refractivity contribution in [1.29, 1.82) is 0 Å². The molecular formula is C14H10N2O9S. The first-order valence-corrected chi connectivity index (χ1v) is 8.07. The second-order valence-electron chi connectivity index (χ2n) is 4.95. The molecule has 2 aromatic rings. The number of nitrogens with one attached hydrogen (secondary N) is 1. The molecule has 0 aliphatic rings. The van der Waals surface area contributed by atoms with Crippen LogP contribution < -0.4 is 5.32 Å². The first kappa shape index (κ1) is 18.8. The van der Waals surface area contributed by atoms with Crippen LogP contribution in [0.1, 0.15) is 20.7 Å². The molecule has 0 spiro atoms. The average Bonchev–Trinajstić information content (AvgIpc) is 2.53. The van der Waals surface area contributed by atoms with Gasteiger partial charge in [0, 0.05) is 17.8 Å². The highest BCUT2D eigenvalue weighted by Gasteiger charge is 2.21. The van der Waals surface area contributed by atoms with Crippen molar-refractivity contribution in [3.63, 3.8) is 0 Å². The van der Waals surface area contributed by atoms with E-state index in [4.69, 9.17) is 10.2 Å². The third-order valence-corrected chi connectivity index (χ3v) is 4.05. The maximum Gasteiger partial charge on any atom is 0.335 e. The molecule has 0 saturated heterocycles. The molecule has 12 heteroatoms. The molecule has 2 rings (SSSR count). The number of nitro groups is 1. The number of non-ortho nitro benzene ring substituents is 1. The Morgan fingerprint density at radius 1 is 1.00 bits per heavy atom. The van der Waals surface area contributed by atoms with Gasteiger partial charge in [-0.2, -0.15) is 8.42 Å². The van der Waals surface area contributed by atoms with Crippen molar-refractivity contribution in [1.82, 2.24) is 0 Å². The molecule has 0 radical (unpaired) electrons. The first-order chi connectivity index (χ1) is 12.0. The molecule has 136 valence electrons. The zero-order valence-electron chi connectivity index (χ0n) is 12.6. The van der Waals surface area contributed by atoms with Crippen molar-refractivity contribution in [3.05, 3.63) is 57.6 Å². The quantitative estimate of drug-likeness (QED) is 0.327. The van der Waals surface area contributed by atoms with Crippen LogP contribution in [-0.2, 0) is 10.1 Å². The summed E-state index contributed by atoms with van der Waals surface area (Å²) in [5, 5.41) is 31.3. The van der Waals surface area contributed by atoms with Gasteiger partial charge in [-0.25, -0.2) is 9.59 Å². The summed E-state index contributed by atoms with van der Waals surface area (Å²) in [4.78, 5) is 31.3. The Labute approximate surface area is 145 Å². The predicted octanol–water partition coefficient (Wildman–Crippen LogP) is 1.98. The van der Waals surface area contributed by atoms with E-state index < -0.39 is 37.6 Å². The molecule has 0 saturated carbocycles. The Balaban J connectivity index is 2.59. The lowest BCUT2D eigenvalue weighted by Crippen LogP contribution is -2.07. The third-order valence-electron chi connectivity index (χ3n) is 3.16. The van der Waals surface area contributed by atoms with Gasteiger partial charge in [-0.3, -0.25) is 14.7 Å². The SMILES string of the molecule is O=C(O)c1cc(Nc2ccc([N+](=O)[O-])cc2S(=O)(=O)O)cc(C(=O)O)c1. The van der Waals surface area contributed by atoms with E-state index in [1.165, 1.54) is 0 Å². The van der Waals surface area contributed by atoms with Crippen molar-refractivity contribution in [2.75, 3.05) is 5.32 Å². The van der Waals surface area contributed by atoms with Gasteiger partial charge in [0.1, 0.15) is 4.90 Å². The molecular weight excluding hydrogens is 372 g/mol.